The summed E-state index contributed by atoms with van der Waals surface area (Å²) >= 11 is 0. The second-order valence-corrected chi connectivity index (χ2v) is 4.15. The van der Waals surface area contributed by atoms with E-state index < -0.39 is 6.10 Å². The van der Waals surface area contributed by atoms with Crippen LogP contribution in [0.4, 0.5) is 5.82 Å². The van der Waals surface area contributed by atoms with Gasteiger partial charge in [-0.05, 0) is 6.92 Å². The Morgan fingerprint density at radius 2 is 2.21 bits per heavy atom. The van der Waals surface area contributed by atoms with Gasteiger partial charge < -0.3 is 24.9 Å². The molecular weight excluding hydrogens is 250 g/mol. The van der Waals surface area contributed by atoms with Crippen molar-refractivity contribution in [3.05, 3.63) is 6.33 Å². The van der Waals surface area contributed by atoms with E-state index in [4.69, 9.17) is 15.2 Å². The van der Waals surface area contributed by atoms with E-state index in [0.29, 0.717) is 30.9 Å². The molecule has 2 heterocycles. The van der Waals surface area contributed by atoms with Crippen LogP contribution in [0.3, 0.4) is 0 Å². The number of anilines is 1. The number of nitrogens with two attached hydrogens (primary N) is 1. The van der Waals surface area contributed by atoms with Gasteiger partial charge in [0.2, 0.25) is 0 Å². The summed E-state index contributed by atoms with van der Waals surface area (Å²) < 4.78 is 11.9. The number of nitrogen functional groups attached to an aromatic ring is 1. The van der Waals surface area contributed by atoms with Crippen molar-refractivity contribution in [2.24, 2.45) is 0 Å². The minimum absolute atomic E-state index is 0.175. The van der Waals surface area contributed by atoms with Crippen LogP contribution < -0.4 is 10.5 Å². The van der Waals surface area contributed by atoms with Crippen LogP contribution >= 0.6 is 0 Å². The Hall–Kier alpha value is -1.93. The Kier molecular flexibility index (Phi) is 4.13. The molecule has 0 amide bonds. The highest BCUT2D eigenvalue weighted by atomic mass is 16.5. The lowest BCUT2D eigenvalue weighted by atomic mass is 10.4. The zero-order valence-electron chi connectivity index (χ0n) is 10.9. The van der Waals surface area contributed by atoms with Crippen LogP contribution in [0.1, 0.15) is 6.92 Å². The summed E-state index contributed by atoms with van der Waals surface area (Å²) in [5.74, 6) is 0.252. The standard InChI is InChI=1S/C11H17N5O3/c1-7(17)5-16-6-13-8-9(12)14-11(15-10(8)16)19-4-3-18-2/h6-7,17H,3-5H2,1-2H3,(H2,12,14,15). The number of hydrogen-bond donors (Lipinski definition) is 2. The van der Waals surface area contributed by atoms with E-state index in [1.54, 1.807) is 24.9 Å². The number of hydrogen-bond acceptors (Lipinski definition) is 7. The van der Waals surface area contributed by atoms with Gasteiger partial charge in [-0.15, -0.1) is 0 Å². The van der Waals surface area contributed by atoms with E-state index in [1.807, 2.05) is 0 Å². The second-order valence-electron chi connectivity index (χ2n) is 4.15. The van der Waals surface area contributed by atoms with Gasteiger partial charge in [0.05, 0.1) is 25.6 Å². The number of fused-ring (bicyclic) bond motifs is 1. The molecule has 1 unspecified atom stereocenters. The summed E-state index contributed by atoms with van der Waals surface area (Å²) in [5, 5.41) is 9.42. The predicted octanol–water partition coefficient (Wildman–Crippen LogP) is -0.186. The van der Waals surface area contributed by atoms with Crippen molar-refractivity contribution >= 4 is 17.0 Å². The molecule has 8 nitrogen and oxygen atoms in total. The maximum atomic E-state index is 9.42. The van der Waals surface area contributed by atoms with Gasteiger partial charge in [0.1, 0.15) is 6.61 Å². The van der Waals surface area contributed by atoms with Crippen molar-refractivity contribution in [3.8, 4) is 6.01 Å². The van der Waals surface area contributed by atoms with E-state index in [2.05, 4.69) is 15.0 Å². The van der Waals surface area contributed by atoms with E-state index >= 15 is 0 Å². The first-order valence-electron chi connectivity index (χ1n) is 5.90. The molecule has 3 N–H and O–H groups in total. The average Bonchev–Trinajstić information content (AvgIpc) is 2.73. The fourth-order valence-electron chi connectivity index (χ4n) is 1.64. The monoisotopic (exact) mass is 267 g/mol. The summed E-state index contributed by atoms with van der Waals surface area (Å²) in [6.07, 6.45) is 1.06. The number of aromatic nitrogens is 4. The zero-order valence-corrected chi connectivity index (χ0v) is 10.9. The number of rotatable bonds is 6. The quantitative estimate of drug-likeness (QED) is 0.698. The van der Waals surface area contributed by atoms with Gasteiger partial charge in [0, 0.05) is 7.11 Å². The summed E-state index contributed by atoms with van der Waals surface area (Å²) in [7, 11) is 1.58. The Morgan fingerprint density at radius 3 is 2.89 bits per heavy atom. The van der Waals surface area contributed by atoms with E-state index in [9.17, 15) is 5.11 Å². The van der Waals surface area contributed by atoms with E-state index in [0.717, 1.165) is 0 Å². The molecule has 1 atom stereocenters. The lowest BCUT2D eigenvalue weighted by Gasteiger charge is -2.08. The number of nitrogens with zero attached hydrogens (tertiary/aromatic N) is 4. The van der Waals surface area contributed by atoms with Crippen molar-refractivity contribution in [1.29, 1.82) is 0 Å². The Morgan fingerprint density at radius 1 is 1.42 bits per heavy atom. The van der Waals surface area contributed by atoms with Crippen molar-refractivity contribution in [3.63, 3.8) is 0 Å². The molecule has 0 aliphatic carbocycles. The van der Waals surface area contributed by atoms with Crippen LogP contribution in [-0.4, -0.2) is 51.1 Å². The van der Waals surface area contributed by atoms with Gasteiger partial charge in [-0.3, -0.25) is 0 Å². The van der Waals surface area contributed by atoms with E-state index in [-0.39, 0.29) is 11.8 Å². The predicted molar refractivity (Wildman–Crippen MR) is 68.8 cm³/mol. The largest absolute Gasteiger partial charge is 0.461 e. The highest BCUT2D eigenvalue weighted by Gasteiger charge is 2.13. The van der Waals surface area contributed by atoms with E-state index in [1.165, 1.54) is 0 Å². The lowest BCUT2D eigenvalue weighted by Crippen LogP contribution is -2.12. The highest BCUT2D eigenvalue weighted by Crippen LogP contribution is 2.19. The molecule has 2 rings (SSSR count). The molecule has 2 aromatic heterocycles. The second kappa shape index (κ2) is 5.81. The summed E-state index contributed by atoms with van der Waals surface area (Å²) in [4.78, 5) is 12.4. The maximum absolute atomic E-state index is 9.42. The molecule has 0 aliphatic heterocycles. The normalized spacial score (nSPS) is 12.8. The van der Waals surface area contributed by atoms with Gasteiger partial charge in [-0.25, -0.2) is 4.98 Å². The molecule has 0 aromatic carbocycles. The lowest BCUT2D eigenvalue weighted by molar-refractivity contribution is 0.141. The summed E-state index contributed by atoms with van der Waals surface area (Å²) in [6, 6.07) is 0.175. The third-order valence-electron chi connectivity index (χ3n) is 2.45. The SMILES string of the molecule is COCCOc1nc(N)c2ncn(CC(C)O)c2n1. The minimum Gasteiger partial charge on any atom is -0.461 e. The molecule has 0 saturated carbocycles. The molecule has 8 heteroatoms. The number of aliphatic hydroxyl groups is 1. The van der Waals surface area contributed by atoms with Crippen molar-refractivity contribution in [2.75, 3.05) is 26.1 Å². The smallest absolute Gasteiger partial charge is 0.320 e. The van der Waals surface area contributed by atoms with Crippen LogP contribution in [0.15, 0.2) is 6.33 Å². The van der Waals surface area contributed by atoms with Gasteiger partial charge in [0.25, 0.3) is 0 Å². The third kappa shape index (κ3) is 3.09. The molecule has 0 fully saturated rings. The Bertz CT molecular complexity index is 554. The summed E-state index contributed by atoms with van der Waals surface area (Å²) in [5.41, 5.74) is 6.85. The van der Waals surface area contributed by atoms with Gasteiger partial charge in [-0.1, -0.05) is 0 Å². The molecule has 0 radical (unpaired) electrons. The molecule has 2 aromatic rings. The molecule has 104 valence electrons. The highest BCUT2D eigenvalue weighted by molar-refractivity contribution is 5.81. The number of aliphatic hydroxyl groups excluding tert-OH is 1. The Balaban J connectivity index is 2.30. The first kappa shape index (κ1) is 13.5. The third-order valence-corrected chi connectivity index (χ3v) is 2.45. The molecule has 0 spiro atoms. The average molecular weight is 267 g/mol. The van der Waals surface area contributed by atoms with Gasteiger partial charge in [-0.2, -0.15) is 9.97 Å². The maximum Gasteiger partial charge on any atom is 0.320 e. The fraction of sp³-hybridized carbons (Fsp3) is 0.545. The van der Waals surface area contributed by atoms with Crippen molar-refractivity contribution < 1.29 is 14.6 Å². The molecular formula is C11H17N5O3. The molecule has 19 heavy (non-hydrogen) atoms. The molecule has 0 aliphatic rings. The molecule has 0 saturated heterocycles. The molecule has 0 bridgehead atoms. The van der Waals surface area contributed by atoms with Crippen LogP contribution in [0, 0.1) is 0 Å². The zero-order chi connectivity index (χ0) is 13.8. The van der Waals surface area contributed by atoms with Crippen molar-refractivity contribution in [1.82, 2.24) is 19.5 Å². The minimum atomic E-state index is -0.508. The van der Waals surface area contributed by atoms with Crippen molar-refractivity contribution in [2.45, 2.75) is 19.6 Å². The van der Waals surface area contributed by atoms with Gasteiger partial charge >= 0.3 is 6.01 Å². The van der Waals surface area contributed by atoms with Gasteiger partial charge in [0.15, 0.2) is 17.0 Å². The number of ether oxygens (including phenoxy) is 2. The van der Waals surface area contributed by atoms with Crippen LogP contribution in [-0.2, 0) is 11.3 Å². The van der Waals surface area contributed by atoms with Crippen LogP contribution in [0.5, 0.6) is 6.01 Å². The first-order chi connectivity index (χ1) is 9.11. The Labute approximate surface area is 110 Å². The first-order valence-corrected chi connectivity index (χ1v) is 5.90. The number of methoxy groups -OCH3 is 1. The topological polar surface area (TPSA) is 108 Å². The van der Waals surface area contributed by atoms with Crippen LogP contribution in [0.2, 0.25) is 0 Å². The van der Waals surface area contributed by atoms with Crippen LogP contribution in [0.25, 0.3) is 11.2 Å². The number of imidazole rings is 1. The summed E-state index contributed by atoms with van der Waals surface area (Å²) in [6.45, 7) is 2.84. The fourth-order valence-corrected chi connectivity index (χ4v) is 1.64.